The van der Waals surface area contributed by atoms with Crippen LogP contribution in [0.2, 0.25) is 5.02 Å². The molecule has 0 unspecified atom stereocenters. The van der Waals surface area contributed by atoms with Gasteiger partial charge in [0.05, 0.1) is 17.3 Å². The van der Waals surface area contributed by atoms with Crippen molar-refractivity contribution in [1.82, 2.24) is 0 Å². The maximum absolute atomic E-state index is 13.6. The number of carboxylic acids is 1. The summed E-state index contributed by atoms with van der Waals surface area (Å²) in [6.45, 7) is 1.73. The lowest BCUT2D eigenvalue weighted by atomic mass is 10.2. The predicted molar refractivity (Wildman–Crippen MR) is 69.1 cm³/mol. The first-order valence-electron chi connectivity index (χ1n) is 5.49. The minimum Gasteiger partial charge on any atom is -0.478 e. The van der Waals surface area contributed by atoms with Crippen molar-refractivity contribution in [2.75, 3.05) is 5.32 Å². The van der Waals surface area contributed by atoms with E-state index >= 15 is 0 Å². The van der Waals surface area contributed by atoms with E-state index in [2.05, 4.69) is 5.32 Å². The van der Waals surface area contributed by atoms with Crippen LogP contribution in [0.1, 0.15) is 21.9 Å². The largest absolute Gasteiger partial charge is 0.478 e. The summed E-state index contributed by atoms with van der Waals surface area (Å²) >= 11 is 5.65. The van der Waals surface area contributed by atoms with Crippen molar-refractivity contribution in [2.45, 2.75) is 13.5 Å². The molecule has 19 heavy (non-hydrogen) atoms. The van der Waals surface area contributed by atoms with Crippen LogP contribution in [0.5, 0.6) is 0 Å². The van der Waals surface area contributed by atoms with Crippen LogP contribution in [0, 0.1) is 12.7 Å². The number of carbonyl (C=O) groups is 1. The van der Waals surface area contributed by atoms with Gasteiger partial charge in [-0.1, -0.05) is 17.7 Å². The lowest BCUT2D eigenvalue weighted by Gasteiger charge is -2.06. The first-order chi connectivity index (χ1) is 8.99. The Labute approximate surface area is 113 Å². The molecule has 4 nitrogen and oxygen atoms in total. The fourth-order valence-electron chi connectivity index (χ4n) is 1.67. The Morgan fingerprint density at radius 3 is 2.89 bits per heavy atom. The zero-order valence-electron chi connectivity index (χ0n) is 10.0. The molecule has 1 heterocycles. The van der Waals surface area contributed by atoms with Crippen molar-refractivity contribution in [2.24, 2.45) is 0 Å². The highest BCUT2D eigenvalue weighted by molar-refractivity contribution is 6.31. The quantitative estimate of drug-likeness (QED) is 0.898. The average molecular weight is 284 g/mol. The van der Waals surface area contributed by atoms with Crippen molar-refractivity contribution in [3.05, 3.63) is 52.2 Å². The zero-order valence-corrected chi connectivity index (χ0v) is 10.8. The number of anilines is 1. The Morgan fingerprint density at radius 1 is 1.53 bits per heavy atom. The number of hydrogen-bond donors (Lipinski definition) is 2. The molecule has 0 fully saturated rings. The summed E-state index contributed by atoms with van der Waals surface area (Å²) in [5.41, 5.74) is 0.335. The average Bonchev–Trinajstić information content (AvgIpc) is 2.73. The van der Waals surface area contributed by atoms with Gasteiger partial charge in [0.15, 0.2) is 5.82 Å². The van der Waals surface area contributed by atoms with Gasteiger partial charge in [-0.2, -0.15) is 0 Å². The van der Waals surface area contributed by atoms with E-state index in [-0.39, 0.29) is 22.8 Å². The SMILES string of the molecule is Cc1oc(CNc2cccc(Cl)c2F)cc1C(=O)O. The van der Waals surface area contributed by atoms with Gasteiger partial charge < -0.3 is 14.8 Å². The van der Waals surface area contributed by atoms with E-state index in [0.29, 0.717) is 11.5 Å². The summed E-state index contributed by atoms with van der Waals surface area (Å²) < 4.78 is 18.9. The molecule has 0 spiro atoms. The molecule has 0 amide bonds. The van der Waals surface area contributed by atoms with E-state index < -0.39 is 11.8 Å². The van der Waals surface area contributed by atoms with E-state index in [0.717, 1.165) is 0 Å². The van der Waals surface area contributed by atoms with Gasteiger partial charge in [0, 0.05) is 0 Å². The second-order valence-electron chi connectivity index (χ2n) is 3.94. The van der Waals surface area contributed by atoms with Crippen LogP contribution < -0.4 is 5.32 Å². The second-order valence-corrected chi connectivity index (χ2v) is 4.35. The Bertz CT molecular complexity index is 624. The molecule has 0 atom stereocenters. The number of rotatable bonds is 4. The Kier molecular flexibility index (Phi) is 3.76. The molecular weight excluding hydrogens is 273 g/mol. The normalized spacial score (nSPS) is 10.5. The van der Waals surface area contributed by atoms with Gasteiger partial charge in [0.2, 0.25) is 0 Å². The lowest BCUT2D eigenvalue weighted by molar-refractivity contribution is 0.0695. The summed E-state index contributed by atoms with van der Waals surface area (Å²) in [5.74, 6) is -0.877. The highest BCUT2D eigenvalue weighted by Crippen LogP contribution is 2.23. The summed E-state index contributed by atoms with van der Waals surface area (Å²) in [5, 5.41) is 11.7. The maximum Gasteiger partial charge on any atom is 0.339 e. The van der Waals surface area contributed by atoms with Gasteiger partial charge in [-0.25, -0.2) is 9.18 Å². The van der Waals surface area contributed by atoms with E-state index in [1.807, 2.05) is 0 Å². The summed E-state index contributed by atoms with van der Waals surface area (Å²) in [4.78, 5) is 10.9. The van der Waals surface area contributed by atoms with Crippen LogP contribution in [0.3, 0.4) is 0 Å². The molecule has 0 saturated heterocycles. The standard InChI is InChI=1S/C13H11ClFNO3/c1-7-9(13(17)18)5-8(19-7)6-16-11-4-2-3-10(14)12(11)15/h2-5,16H,6H2,1H3,(H,17,18). The Balaban J connectivity index is 2.13. The van der Waals surface area contributed by atoms with Gasteiger partial charge in [-0.05, 0) is 25.1 Å². The smallest absolute Gasteiger partial charge is 0.339 e. The first kappa shape index (κ1) is 13.4. The molecule has 0 aliphatic heterocycles. The van der Waals surface area contributed by atoms with Crippen LogP contribution in [0.25, 0.3) is 0 Å². The molecular formula is C13H11ClFNO3. The minimum atomic E-state index is -1.05. The number of halogens is 2. The number of hydrogen-bond acceptors (Lipinski definition) is 3. The fourth-order valence-corrected chi connectivity index (χ4v) is 1.84. The number of benzene rings is 1. The number of aromatic carboxylic acids is 1. The molecule has 100 valence electrons. The fraction of sp³-hybridized carbons (Fsp3) is 0.154. The molecule has 2 aromatic rings. The number of nitrogens with one attached hydrogen (secondary N) is 1. The van der Waals surface area contributed by atoms with Crippen molar-refractivity contribution < 1.29 is 18.7 Å². The number of carboxylic acid groups (broad SMARTS) is 1. The van der Waals surface area contributed by atoms with Gasteiger partial charge in [-0.3, -0.25) is 0 Å². The van der Waals surface area contributed by atoms with E-state index in [1.54, 1.807) is 13.0 Å². The third kappa shape index (κ3) is 2.88. The molecule has 0 radical (unpaired) electrons. The third-order valence-corrected chi connectivity index (χ3v) is 2.90. The molecule has 0 bridgehead atoms. The topological polar surface area (TPSA) is 62.5 Å². The van der Waals surface area contributed by atoms with Crippen LogP contribution in [-0.4, -0.2) is 11.1 Å². The van der Waals surface area contributed by atoms with Crippen LogP contribution in [0.4, 0.5) is 10.1 Å². The van der Waals surface area contributed by atoms with Crippen LogP contribution >= 0.6 is 11.6 Å². The summed E-state index contributed by atoms with van der Waals surface area (Å²) in [7, 11) is 0. The maximum atomic E-state index is 13.6. The van der Waals surface area contributed by atoms with Crippen LogP contribution in [-0.2, 0) is 6.54 Å². The Hall–Kier alpha value is -2.01. The van der Waals surface area contributed by atoms with Crippen molar-refractivity contribution in [1.29, 1.82) is 0 Å². The Morgan fingerprint density at radius 2 is 2.26 bits per heavy atom. The molecule has 2 N–H and O–H groups in total. The minimum absolute atomic E-state index is 0.0202. The lowest BCUT2D eigenvalue weighted by Crippen LogP contribution is -2.01. The van der Waals surface area contributed by atoms with Crippen molar-refractivity contribution in [3.8, 4) is 0 Å². The zero-order chi connectivity index (χ0) is 14.0. The number of aryl methyl sites for hydroxylation is 1. The van der Waals surface area contributed by atoms with Gasteiger partial charge >= 0.3 is 5.97 Å². The number of furan rings is 1. The first-order valence-corrected chi connectivity index (χ1v) is 5.87. The molecule has 1 aromatic heterocycles. The highest BCUT2D eigenvalue weighted by atomic mass is 35.5. The monoisotopic (exact) mass is 283 g/mol. The second kappa shape index (κ2) is 5.32. The van der Waals surface area contributed by atoms with E-state index in [9.17, 15) is 9.18 Å². The van der Waals surface area contributed by atoms with Gasteiger partial charge in [0.1, 0.15) is 17.1 Å². The van der Waals surface area contributed by atoms with Gasteiger partial charge in [0.25, 0.3) is 0 Å². The van der Waals surface area contributed by atoms with Crippen molar-refractivity contribution in [3.63, 3.8) is 0 Å². The molecule has 1 aromatic carbocycles. The van der Waals surface area contributed by atoms with Gasteiger partial charge in [-0.15, -0.1) is 0 Å². The molecule has 2 rings (SSSR count). The van der Waals surface area contributed by atoms with E-state index in [1.165, 1.54) is 18.2 Å². The molecule has 6 heteroatoms. The van der Waals surface area contributed by atoms with Crippen LogP contribution in [0.15, 0.2) is 28.7 Å². The molecule has 0 aliphatic rings. The third-order valence-electron chi connectivity index (χ3n) is 2.60. The van der Waals surface area contributed by atoms with Crippen molar-refractivity contribution >= 4 is 23.3 Å². The molecule has 0 saturated carbocycles. The molecule has 0 aliphatic carbocycles. The van der Waals surface area contributed by atoms with E-state index in [4.69, 9.17) is 21.1 Å². The summed E-state index contributed by atoms with van der Waals surface area (Å²) in [6, 6.07) is 6.01. The predicted octanol–water partition coefficient (Wildman–Crippen LogP) is 3.69. The highest BCUT2D eigenvalue weighted by Gasteiger charge is 2.14. The summed E-state index contributed by atoms with van der Waals surface area (Å²) in [6.07, 6.45) is 0.